The van der Waals surface area contributed by atoms with E-state index in [1.165, 1.54) is 0 Å². The molecule has 1 amide bonds. The molecule has 0 aliphatic carbocycles. The van der Waals surface area contributed by atoms with Crippen LogP contribution in [-0.4, -0.2) is 34.6 Å². The number of nitrogens with zero attached hydrogens (tertiary/aromatic N) is 1. The van der Waals surface area contributed by atoms with Crippen LogP contribution in [0.3, 0.4) is 0 Å². The van der Waals surface area contributed by atoms with E-state index < -0.39 is 0 Å². The van der Waals surface area contributed by atoms with E-state index in [-0.39, 0.29) is 11.5 Å². The molecule has 1 fully saturated rings. The van der Waals surface area contributed by atoms with Crippen LogP contribution in [0.2, 0.25) is 0 Å². The van der Waals surface area contributed by atoms with Gasteiger partial charge in [0.05, 0.1) is 23.0 Å². The van der Waals surface area contributed by atoms with Gasteiger partial charge in [-0.3, -0.25) is 4.79 Å². The van der Waals surface area contributed by atoms with Gasteiger partial charge >= 0.3 is 0 Å². The number of H-pyrrole nitrogens is 1. The fourth-order valence-corrected chi connectivity index (χ4v) is 2.42. The van der Waals surface area contributed by atoms with Crippen molar-refractivity contribution in [3.05, 3.63) is 30.1 Å². The number of hydrogen-bond acceptors (Lipinski definition) is 3. The maximum atomic E-state index is 12.1. The second-order valence-corrected chi connectivity index (χ2v) is 5.22. The number of nitrogens with one attached hydrogen (secondary N) is 2. The summed E-state index contributed by atoms with van der Waals surface area (Å²) in [5, 5.41) is 2.94. The van der Waals surface area contributed by atoms with Crippen molar-refractivity contribution in [3.8, 4) is 0 Å². The lowest BCUT2D eigenvalue weighted by molar-refractivity contribution is 0.0206. The van der Waals surface area contributed by atoms with E-state index in [0.29, 0.717) is 12.1 Å². The van der Waals surface area contributed by atoms with Crippen LogP contribution in [0.25, 0.3) is 11.0 Å². The van der Waals surface area contributed by atoms with Crippen LogP contribution in [-0.2, 0) is 4.74 Å². The first-order valence-corrected chi connectivity index (χ1v) is 6.52. The molecule has 5 heteroatoms. The number of ether oxygens (including phenoxy) is 1. The number of aromatic amines is 1. The Labute approximate surface area is 111 Å². The van der Waals surface area contributed by atoms with Crippen molar-refractivity contribution in [2.24, 2.45) is 0 Å². The van der Waals surface area contributed by atoms with Gasteiger partial charge < -0.3 is 15.0 Å². The highest BCUT2D eigenvalue weighted by Crippen LogP contribution is 2.24. The first-order chi connectivity index (χ1) is 9.16. The smallest absolute Gasteiger partial charge is 0.251 e. The molecule has 0 bridgehead atoms. The van der Waals surface area contributed by atoms with E-state index in [2.05, 4.69) is 15.3 Å². The van der Waals surface area contributed by atoms with E-state index in [4.69, 9.17) is 4.74 Å². The van der Waals surface area contributed by atoms with Gasteiger partial charge in [-0.15, -0.1) is 0 Å². The first-order valence-electron chi connectivity index (χ1n) is 6.52. The Morgan fingerprint density at radius 2 is 2.47 bits per heavy atom. The van der Waals surface area contributed by atoms with Gasteiger partial charge in [0.15, 0.2) is 0 Å². The molecule has 2 heterocycles. The predicted octanol–water partition coefficient (Wildman–Crippen LogP) is 1.86. The third kappa shape index (κ3) is 2.46. The highest BCUT2D eigenvalue weighted by Gasteiger charge is 2.30. The fraction of sp³-hybridized carbons (Fsp3) is 0.429. The van der Waals surface area contributed by atoms with Crippen molar-refractivity contribution in [2.45, 2.75) is 25.4 Å². The monoisotopic (exact) mass is 259 g/mol. The zero-order chi connectivity index (χ0) is 13.3. The van der Waals surface area contributed by atoms with Gasteiger partial charge in [-0.25, -0.2) is 4.98 Å². The Balaban J connectivity index is 1.69. The van der Waals surface area contributed by atoms with E-state index in [1.807, 2.05) is 19.1 Å². The molecule has 1 aliphatic heterocycles. The molecule has 2 N–H and O–H groups in total. The summed E-state index contributed by atoms with van der Waals surface area (Å²) >= 11 is 0. The van der Waals surface area contributed by atoms with Crippen molar-refractivity contribution in [2.75, 3.05) is 13.2 Å². The summed E-state index contributed by atoms with van der Waals surface area (Å²) in [6, 6.07) is 5.44. The third-order valence-electron chi connectivity index (χ3n) is 3.61. The van der Waals surface area contributed by atoms with Gasteiger partial charge in [-0.1, -0.05) is 0 Å². The number of hydrogen-bond donors (Lipinski definition) is 2. The Hall–Kier alpha value is -1.88. The van der Waals surface area contributed by atoms with Crippen LogP contribution in [0.4, 0.5) is 0 Å². The molecule has 5 nitrogen and oxygen atoms in total. The molecule has 1 aromatic heterocycles. The van der Waals surface area contributed by atoms with E-state index in [0.717, 1.165) is 30.5 Å². The summed E-state index contributed by atoms with van der Waals surface area (Å²) < 4.78 is 5.65. The quantitative estimate of drug-likeness (QED) is 0.884. The SMILES string of the molecule is CC1(CNC(=O)c2ccc3nc[nH]c3c2)CCCO1. The summed E-state index contributed by atoms with van der Waals surface area (Å²) in [6.45, 7) is 3.37. The maximum absolute atomic E-state index is 12.1. The van der Waals surface area contributed by atoms with Crippen LogP contribution >= 0.6 is 0 Å². The van der Waals surface area contributed by atoms with Crippen molar-refractivity contribution in [1.29, 1.82) is 0 Å². The van der Waals surface area contributed by atoms with Crippen LogP contribution in [0.15, 0.2) is 24.5 Å². The van der Waals surface area contributed by atoms with Crippen LogP contribution in [0.5, 0.6) is 0 Å². The highest BCUT2D eigenvalue weighted by atomic mass is 16.5. The molecular weight excluding hydrogens is 242 g/mol. The molecule has 1 atom stereocenters. The minimum absolute atomic E-state index is 0.0757. The minimum Gasteiger partial charge on any atom is -0.373 e. The van der Waals surface area contributed by atoms with Gasteiger partial charge in [-0.2, -0.15) is 0 Å². The number of carbonyl (C=O) groups is 1. The second-order valence-electron chi connectivity index (χ2n) is 5.22. The summed E-state index contributed by atoms with van der Waals surface area (Å²) in [5.41, 5.74) is 2.16. The van der Waals surface area contributed by atoms with E-state index >= 15 is 0 Å². The summed E-state index contributed by atoms with van der Waals surface area (Å²) in [6.07, 6.45) is 3.68. The minimum atomic E-state index is -0.215. The number of benzene rings is 1. The van der Waals surface area contributed by atoms with Gasteiger partial charge in [0.1, 0.15) is 0 Å². The van der Waals surface area contributed by atoms with Gasteiger partial charge in [0, 0.05) is 18.7 Å². The first kappa shape index (κ1) is 12.2. The second kappa shape index (κ2) is 4.66. The summed E-state index contributed by atoms with van der Waals surface area (Å²) in [7, 11) is 0. The maximum Gasteiger partial charge on any atom is 0.251 e. The van der Waals surface area contributed by atoms with Crippen molar-refractivity contribution in [1.82, 2.24) is 15.3 Å². The zero-order valence-electron chi connectivity index (χ0n) is 10.9. The summed E-state index contributed by atoms with van der Waals surface area (Å²) in [4.78, 5) is 19.2. The number of carbonyl (C=O) groups excluding carboxylic acids is 1. The topological polar surface area (TPSA) is 67.0 Å². The fourth-order valence-electron chi connectivity index (χ4n) is 2.42. The normalized spacial score (nSPS) is 22.8. The van der Waals surface area contributed by atoms with Gasteiger partial charge in [0.25, 0.3) is 5.91 Å². The van der Waals surface area contributed by atoms with E-state index in [9.17, 15) is 4.79 Å². The molecule has 1 unspecified atom stereocenters. The molecule has 2 aromatic rings. The van der Waals surface area contributed by atoms with Crippen molar-refractivity contribution >= 4 is 16.9 Å². The van der Waals surface area contributed by atoms with Gasteiger partial charge in [0.2, 0.25) is 0 Å². The van der Waals surface area contributed by atoms with Gasteiger partial charge in [-0.05, 0) is 38.0 Å². The molecule has 0 radical (unpaired) electrons. The Kier molecular flexibility index (Phi) is 2.98. The predicted molar refractivity (Wildman–Crippen MR) is 72.0 cm³/mol. The molecule has 1 aliphatic rings. The Bertz CT molecular complexity index is 600. The molecule has 1 aromatic carbocycles. The molecule has 3 rings (SSSR count). The number of imidazole rings is 1. The molecular formula is C14H17N3O2. The lowest BCUT2D eigenvalue weighted by Crippen LogP contribution is -2.40. The Morgan fingerprint density at radius 3 is 3.26 bits per heavy atom. The number of rotatable bonds is 3. The van der Waals surface area contributed by atoms with Crippen LogP contribution in [0.1, 0.15) is 30.1 Å². The average molecular weight is 259 g/mol. The molecule has 0 saturated carbocycles. The summed E-state index contributed by atoms with van der Waals surface area (Å²) in [5.74, 6) is -0.0757. The number of fused-ring (bicyclic) bond motifs is 1. The lowest BCUT2D eigenvalue weighted by Gasteiger charge is -2.23. The molecule has 100 valence electrons. The molecule has 19 heavy (non-hydrogen) atoms. The van der Waals surface area contributed by atoms with E-state index in [1.54, 1.807) is 12.4 Å². The zero-order valence-corrected chi connectivity index (χ0v) is 10.9. The largest absolute Gasteiger partial charge is 0.373 e. The van der Waals surface area contributed by atoms with Crippen LogP contribution in [0, 0.1) is 0 Å². The third-order valence-corrected chi connectivity index (χ3v) is 3.61. The van der Waals surface area contributed by atoms with Crippen molar-refractivity contribution in [3.63, 3.8) is 0 Å². The molecule has 0 spiro atoms. The lowest BCUT2D eigenvalue weighted by atomic mass is 10.0. The highest BCUT2D eigenvalue weighted by molar-refractivity contribution is 5.97. The standard InChI is InChI=1S/C14H17N3O2/c1-14(5-2-6-19-14)8-15-13(18)10-3-4-11-12(7-10)17-9-16-11/h3-4,7,9H,2,5-6,8H2,1H3,(H,15,18)(H,16,17). The van der Waals surface area contributed by atoms with Crippen molar-refractivity contribution < 1.29 is 9.53 Å². The van der Waals surface area contributed by atoms with Crippen LogP contribution < -0.4 is 5.32 Å². The average Bonchev–Trinajstić information content (AvgIpc) is 3.04. The Morgan fingerprint density at radius 1 is 1.58 bits per heavy atom. The number of amides is 1. The molecule has 1 saturated heterocycles. The number of aromatic nitrogens is 2.